The fourth-order valence-electron chi connectivity index (χ4n) is 3.37. The summed E-state index contributed by atoms with van der Waals surface area (Å²) >= 11 is 5.58. The van der Waals surface area contributed by atoms with Crippen LogP contribution >= 0.6 is 12.2 Å². The molecule has 1 saturated carbocycles. The summed E-state index contributed by atoms with van der Waals surface area (Å²) in [5, 5.41) is 4.29. The van der Waals surface area contributed by atoms with E-state index in [1.165, 1.54) is 32.1 Å². The molecule has 2 unspecified atom stereocenters. The number of rotatable bonds is 1. The van der Waals surface area contributed by atoms with Crippen molar-refractivity contribution in [2.45, 2.75) is 38.1 Å². The fourth-order valence-corrected chi connectivity index (χ4v) is 3.72. The third kappa shape index (κ3) is 2.37. The third-order valence-electron chi connectivity index (χ3n) is 4.30. The number of fused-ring (bicyclic) bond motifs is 1. The van der Waals surface area contributed by atoms with E-state index in [0.29, 0.717) is 6.04 Å². The first-order chi connectivity index (χ1) is 8.84. The summed E-state index contributed by atoms with van der Waals surface area (Å²) in [5.74, 6) is 0.884. The first kappa shape index (κ1) is 12.0. The molecule has 1 N–H and O–H groups in total. The summed E-state index contributed by atoms with van der Waals surface area (Å²) in [6, 6.07) is 10.9. The average molecular weight is 260 g/mol. The van der Waals surface area contributed by atoms with E-state index < -0.39 is 0 Å². The maximum atomic E-state index is 5.58. The molecule has 2 fully saturated rings. The minimum Gasteiger partial charge on any atom is -0.346 e. The standard InChI is InChI=1S/C15H20N2S/c18-15(16-13-7-2-1-3-8-13)17-11-10-12-6-4-5-9-14(12)17/h1-3,7-8,12,14H,4-6,9-11H2,(H,16,18). The Hall–Kier alpha value is -1.09. The molecule has 2 atom stereocenters. The molecule has 1 aromatic carbocycles. The van der Waals surface area contributed by atoms with Crippen LogP contribution in [0.5, 0.6) is 0 Å². The van der Waals surface area contributed by atoms with Crippen molar-refractivity contribution < 1.29 is 0 Å². The monoisotopic (exact) mass is 260 g/mol. The Labute approximate surface area is 114 Å². The summed E-state index contributed by atoms with van der Waals surface area (Å²) in [6.07, 6.45) is 6.82. The van der Waals surface area contributed by atoms with Gasteiger partial charge in [-0.3, -0.25) is 0 Å². The molecule has 2 aliphatic rings. The molecule has 0 radical (unpaired) electrons. The summed E-state index contributed by atoms with van der Waals surface area (Å²) in [7, 11) is 0. The number of para-hydroxylation sites is 1. The van der Waals surface area contributed by atoms with Gasteiger partial charge in [-0.2, -0.15) is 0 Å². The van der Waals surface area contributed by atoms with Crippen LogP contribution in [-0.4, -0.2) is 22.6 Å². The average Bonchev–Trinajstić information content (AvgIpc) is 2.84. The van der Waals surface area contributed by atoms with E-state index in [1.807, 2.05) is 18.2 Å². The number of likely N-dealkylation sites (tertiary alicyclic amines) is 1. The summed E-state index contributed by atoms with van der Waals surface area (Å²) in [5.41, 5.74) is 1.10. The maximum absolute atomic E-state index is 5.58. The molecule has 1 heterocycles. The first-order valence-electron chi connectivity index (χ1n) is 6.97. The van der Waals surface area contributed by atoms with E-state index in [2.05, 4.69) is 22.3 Å². The summed E-state index contributed by atoms with van der Waals surface area (Å²) in [6.45, 7) is 1.13. The van der Waals surface area contributed by atoms with Crippen molar-refractivity contribution in [1.29, 1.82) is 0 Å². The number of benzene rings is 1. The van der Waals surface area contributed by atoms with Crippen molar-refractivity contribution in [3.05, 3.63) is 30.3 Å². The van der Waals surface area contributed by atoms with Crippen molar-refractivity contribution in [3.8, 4) is 0 Å². The van der Waals surface area contributed by atoms with Gasteiger partial charge in [0.1, 0.15) is 0 Å². The highest BCUT2D eigenvalue weighted by atomic mass is 32.1. The van der Waals surface area contributed by atoms with E-state index in [9.17, 15) is 0 Å². The smallest absolute Gasteiger partial charge is 0.173 e. The molecule has 2 nitrogen and oxygen atoms in total. The second kappa shape index (κ2) is 5.27. The Kier molecular flexibility index (Phi) is 3.50. The topological polar surface area (TPSA) is 15.3 Å². The van der Waals surface area contributed by atoms with E-state index in [1.54, 1.807) is 0 Å². The van der Waals surface area contributed by atoms with Crippen LogP contribution in [0, 0.1) is 5.92 Å². The predicted molar refractivity (Wildman–Crippen MR) is 79.7 cm³/mol. The Morgan fingerprint density at radius 3 is 2.72 bits per heavy atom. The van der Waals surface area contributed by atoms with Crippen LogP contribution in [-0.2, 0) is 0 Å². The van der Waals surface area contributed by atoms with E-state index >= 15 is 0 Å². The molecular weight excluding hydrogens is 240 g/mol. The molecule has 1 aliphatic carbocycles. The van der Waals surface area contributed by atoms with Crippen molar-refractivity contribution in [2.24, 2.45) is 5.92 Å². The van der Waals surface area contributed by atoms with Gasteiger partial charge in [-0.05, 0) is 49.5 Å². The van der Waals surface area contributed by atoms with Gasteiger partial charge in [0.15, 0.2) is 5.11 Å². The number of hydrogen-bond donors (Lipinski definition) is 1. The molecule has 0 amide bonds. The van der Waals surface area contributed by atoms with Crippen molar-refractivity contribution in [2.75, 3.05) is 11.9 Å². The number of nitrogens with zero attached hydrogens (tertiary/aromatic N) is 1. The zero-order chi connectivity index (χ0) is 12.4. The van der Waals surface area contributed by atoms with Gasteiger partial charge in [-0.1, -0.05) is 31.0 Å². The van der Waals surface area contributed by atoms with Crippen LogP contribution in [0.3, 0.4) is 0 Å². The molecule has 0 aromatic heterocycles. The van der Waals surface area contributed by atoms with Crippen LogP contribution in [0.25, 0.3) is 0 Å². The van der Waals surface area contributed by atoms with Gasteiger partial charge in [-0.15, -0.1) is 0 Å². The summed E-state index contributed by atoms with van der Waals surface area (Å²) in [4.78, 5) is 2.42. The molecule has 1 saturated heterocycles. The van der Waals surface area contributed by atoms with Crippen molar-refractivity contribution >= 4 is 23.0 Å². The minimum absolute atomic E-state index is 0.697. The van der Waals surface area contributed by atoms with Gasteiger partial charge in [0.2, 0.25) is 0 Å². The minimum atomic E-state index is 0.697. The molecule has 0 bridgehead atoms. The molecule has 3 rings (SSSR count). The molecule has 96 valence electrons. The molecule has 3 heteroatoms. The highest BCUT2D eigenvalue weighted by molar-refractivity contribution is 7.80. The van der Waals surface area contributed by atoms with Crippen LogP contribution in [0.15, 0.2) is 30.3 Å². The highest BCUT2D eigenvalue weighted by Gasteiger charge is 2.36. The van der Waals surface area contributed by atoms with Gasteiger partial charge < -0.3 is 10.2 Å². The van der Waals surface area contributed by atoms with Gasteiger partial charge >= 0.3 is 0 Å². The van der Waals surface area contributed by atoms with Gasteiger partial charge in [0.25, 0.3) is 0 Å². The second-order valence-corrected chi connectivity index (χ2v) is 5.78. The SMILES string of the molecule is S=C(Nc1ccccc1)N1CCC2CCCCC21. The maximum Gasteiger partial charge on any atom is 0.173 e. The number of thiocarbonyl (C=S) groups is 1. The van der Waals surface area contributed by atoms with E-state index in [0.717, 1.165) is 23.3 Å². The van der Waals surface area contributed by atoms with Crippen LogP contribution in [0.1, 0.15) is 32.1 Å². The van der Waals surface area contributed by atoms with Crippen molar-refractivity contribution in [1.82, 2.24) is 4.90 Å². The molecule has 18 heavy (non-hydrogen) atoms. The highest BCUT2D eigenvalue weighted by Crippen LogP contribution is 2.36. The molecule has 0 spiro atoms. The molecule has 1 aliphatic heterocycles. The fraction of sp³-hybridized carbons (Fsp3) is 0.533. The Morgan fingerprint density at radius 2 is 1.89 bits per heavy atom. The Bertz CT molecular complexity index is 418. The quantitative estimate of drug-likeness (QED) is 0.776. The molecular formula is C15H20N2S. The van der Waals surface area contributed by atoms with E-state index in [-0.39, 0.29) is 0 Å². The second-order valence-electron chi connectivity index (χ2n) is 5.39. The lowest BCUT2D eigenvalue weighted by Crippen LogP contribution is -2.41. The van der Waals surface area contributed by atoms with Crippen molar-refractivity contribution in [3.63, 3.8) is 0 Å². The number of hydrogen-bond acceptors (Lipinski definition) is 1. The largest absolute Gasteiger partial charge is 0.346 e. The zero-order valence-corrected chi connectivity index (χ0v) is 11.5. The zero-order valence-electron chi connectivity index (χ0n) is 10.6. The lowest BCUT2D eigenvalue weighted by atomic mass is 9.85. The molecule has 1 aromatic rings. The van der Waals surface area contributed by atoms with Gasteiger partial charge in [0, 0.05) is 18.3 Å². The normalized spacial score (nSPS) is 26.8. The van der Waals surface area contributed by atoms with Gasteiger partial charge in [0.05, 0.1) is 0 Å². The lowest BCUT2D eigenvalue weighted by Gasteiger charge is -2.33. The van der Waals surface area contributed by atoms with Gasteiger partial charge in [-0.25, -0.2) is 0 Å². The van der Waals surface area contributed by atoms with Crippen LogP contribution < -0.4 is 5.32 Å². The summed E-state index contributed by atoms with van der Waals surface area (Å²) < 4.78 is 0. The number of nitrogens with one attached hydrogen (secondary N) is 1. The third-order valence-corrected chi connectivity index (χ3v) is 4.63. The first-order valence-corrected chi connectivity index (χ1v) is 7.38. The lowest BCUT2D eigenvalue weighted by molar-refractivity contribution is 0.256. The Morgan fingerprint density at radius 1 is 1.11 bits per heavy atom. The van der Waals surface area contributed by atoms with Crippen LogP contribution in [0.4, 0.5) is 5.69 Å². The predicted octanol–water partition coefficient (Wildman–Crippen LogP) is 3.65. The Balaban J connectivity index is 1.66. The van der Waals surface area contributed by atoms with Crippen LogP contribution in [0.2, 0.25) is 0 Å². The number of anilines is 1. The van der Waals surface area contributed by atoms with E-state index in [4.69, 9.17) is 12.2 Å².